The molecule has 0 bridgehead atoms. The van der Waals surface area contributed by atoms with Gasteiger partial charge in [0.2, 0.25) is 5.78 Å². The maximum absolute atomic E-state index is 13.3. The number of amides is 2. The third-order valence-corrected chi connectivity index (χ3v) is 6.21. The van der Waals surface area contributed by atoms with E-state index in [-0.39, 0.29) is 21.3 Å². The third kappa shape index (κ3) is 5.84. The molecule has 2 amide bonds. The second kappa shape index (κ2) is 10.4. The summed E-state index contributed by atoms with van der Waals surface area (Å²) in [6.45, 7) is 0. The van der Waals surface area contributed by atoms with Crippen molar-refractivity contribution >= 4 is 80.3 Å². The zero-order chi connectivity index (χ0) is 24.2. The normalized spacial score (nSPS) is 10.6. The average Bonchev–Trinajstić information content (AvgIpc) is 3.18. The van der Waals surface area contributed by atoms with Crippen LogP contribution in [0.15, 0.2) is 66.7 Å². The van der Waals surface area contributed by atoms with E-state index in [4.69, 9.17) is 34.8 Å². The Kier molecular flexibility index (Phi) is 7.33. The fourth-order valence-corrected chi connectivity index (χ4v) is 4.38. The lowest BCUT2D eigenvalue weighted by Crippen LogP contribution is -2.21. The Morgan fingerprint density at radius 2 is 1.47 bits per heavy atom. The predicted molar refractivity (Wildman–Crippen MR) is 136 cm³/mol. The first-order valence-electron chi connectivity index (χ1n) is 9.65. The highest BCUT2D eigenvalue weighted by molar-refractivity contribution is 7.18. The number of thiazole rings is 1. The standard InChI is InChI=1S/C23H14Cl3FN4O2S/c24-12-1-6-16(7-2-12)29-23-31-21(30-22(33)28-15-8-4-14(27)5-9-15)20(34-23)19(32)17-10-3-13(25)11-18(17)26/h1-11H,(H,29,31)(H2,28,30,33). The zero-order valence-corrected chi connectivity index (χ0v) is 20.1. The van der Waals surface area contributed by atoms with Gasteiger partial charge in [0.05, 0.1) is 5.02 Å². The van der Waals surface area contributed by atoms with E-state index < -0.39 is 17.6 Å². The van der Waals surface area contributed by atoms with Gasteiger partial charge in [-0.25, -0.2) is 14.2 Å². The van der Waals surface area contributed by atoms with Crippen molar-refractivity contribution in [2.24, 2.45) is 0 Å². The summed E-state index contributed by atoms with van der Waals surface area (Å²) in [5.41, 5.74) is 1.25. The van der Waals surface area contributed by atoms with Crippen molar-refractivity contribution in [3.05, 3.63) is 98.1 Å². The largest absolute Gasteiger partial charge is 0.331 e. The molecule has 3 N–H and O–H groups in total. The van der Waals surface area contributed by atoms with Gasteiger partial charge in [0.15, 0.2) is 10.9 Å². The first-order chi connectivity index (χ1) is 16.3. The monoisotopic (exact) mass is 534 g/mol. The van der Waals surface area contributed by atoms with Gasteiger partial charge < -0.3 is 10.6 Å². The van der Waals surface area contributed by atoms with Gasteiger partial charge in [0, 0.05) is 27.0 Å². The molecule has 172 valence electrons. The molecule has 0 unspecified atom stereocenters. The predicted octanol–water partition coefficient (Wildman–Crippen LogP) is 7.86. The van der Waals surface area contributed by atoms with Gasteiger partial charge in [-0.2, -0.15) is 0 Å². The Morgan fingerprint density at radius 1 is 0.824 bits per heavy atom. The van der Waals surface area contributed by atoms with Crippen LogP contribution in [-0.4, -0.2) is 16.8 Å². The summed E-state index contributed by atoms with van der Waals surface area (Å²) in [6, 6.07) is 16.0. The van der Waals surface area contributed by atoms with E-state index in [0.29, 0.717) is 26.6 Å². The lowest BCUT2D eigenvalue weighted by molar-refractivity contribution is 0.104. The van der Waals surface area contributed by atoms with E-state index in [0.717, 1.165) is 11.3 Å². The molecule has 0 aliphatic carbocycles. The first-order valence-corrected chi connectivity index (χ1v) is 11.6. The van der Waals surface area contributed by atoms with Crippen LogP contribution in [0.5, 0.6) is 0 Å². The number of ketones is 1. The van der Waals surface area contributed by atoms with Gasteiger partial charge in [-0.1, -0.05) is 46.1 Å². The van der Waals surface area contributed by atoms with E-state index in [1.165, 1.54) is 36.4 Å². The molecule has 34 heavy (non-hydrogen) atoms. The Hall–Kier alpha value is -3.17. The summed E-state index contributed by atoms with van der Waals surface area (Å²) in [4.78, 5) is 30.3. The summed E-state index contributed by atoms with van der Waals surface area (Å²) >= 11 is 19.1. The van der Waals surface area contributed by atoms with Crippen molar-refractivity contribution in [1.29, 1.82) is 0 Å². The molecule has 1 aromatic heterocycles. The smallest absolute Gasteiger partial charge is 0.324 e. The van der Waals surface area contributed by atoms with Crippen molar-refractivity contribution in [2.45, 2.75) is 0 Å². The van der Waals surface area contributed by atoms with Crippen LogP contribution in [0.1, 0.15) is 15.2 Å². The minimum Gasteiger partial charge on any atom is -0.331 e. The van der Waals surface area contributed by atoms with Crippen LogP contribution < -0.4 is 16.0 Å². The molecular formula is C23H14Cl3FN4O2S. The fraction of sp³-hybridized carbons (Fsp3) is 0. The van der Waals surface area contributed by atoms with Crippen LogP contribution in [-0.2, 0) is 0 Å². The number of aromatic nitrogens is 1. The van der Waals surface area contributed by atoms with Crippen molar-refractivity contribution in [2.75, 3.05) is 16.0 Å². The number of hydrogen-bond donors (Lipinski definition) is 3. The van der Waals surface area contributed by atoms with Crippen molar-refractivity contribution < 1.29 is 14.0 Å². The molecule has 0 saturated carbocycles. The van der Waals surface area contributed by atoms with Crippen LogP contribution in [0, 0.1) is 5.82 Å². The van der Waals surface area contributed by atoms with Gasteiger partial charge in [0.1, 0.15) is 10.7 Å². The number of rotatable bonds is 6. The van der Waals surface area contributed by atoms with E-state index >= 15 is 0 Å². The van der Waals surface area contributed by atoms with E-state index in [9.17, 15) is 14.0 Å². The number of nitrogens with zero attached hydrogens (tertiary/aromatic N) is 1. The van der Waals surface area contributed by atoms with Crippen LogP contribution in [0.3, 0.4) is 0 Å². The molecular weight excluding hydrogens is 522 g/mol. The minimum atomic E-state index is -0.661. The molecule has 0 saturated heterocycles. The SMILES string of the molecule is O=C(Nc1ccc(F)cc1)Nc1nc(Nc2ccc(Cl)cc2)sc1C(=O)c1ccc(Cl)cc1Cl. The Bertz CT molecular complexity index is 1360. The second-order valence-electron chi connectivity index (χ2n) is 6.87. The van der Waals surface area contributed by atoms with Gasteiger partial charge in [-0.3, -0.25) is 10.1 Å². The number of hydrogen-bond acceptors (Lipinski definition) is 5. The maximum Gasteiger partial charge on any atom is 0.324 e. The van der Waals surface area contributed by atoms with Crippen molar-refractivity contribution in [1.82, 2.24) is 4.98 Å². The number of benzene rings is 3. The van der Waals surface area contributed by atoms with Crippen molar-refractivity contribution in [3.8, 4) is 0 Å². The molecule has 0 fully saturated rings. The average molecular weight is 536 g/mol. The van der Waals surface area contributed by atoms with Gasteiger partial charge in [-0.15, -0.1) is 0 Å². The lowest BCUT2D eigenvalue weighted by Gasteiger charge is -2.08. The third-order valence-electron chi connectivity index (χ3n) is 4.44. The van der Waals surface area contributed by atoms with Crippen LogP contribution in [0.2, 0.25) is 15.1 Å². The Morgan fingerprint density at radius 3 is 2.15 bits per heavy atom. The van der Waals surface area contributed by atoms with Gasteiger partial charge in [-0.05, 0) is 66.7 Å². The van der Waals surface area contributed by atoms with Crippen molar-refractivity contribution in [3.63, 3.8) is 0 Å². The number of carbonyl (C=O) groups is 2. The molecule has 3 aromatic carbocycles. The summed E-state index contributed by atoms with van der Waals surface area (Å²) in [5.74, 6) is -0.853. The molecule has 6 nitrogen and oxygen atoms in total. The summed E-state index contributed by atoms with van der Waals surface area (Å²) in [7, 11) is 0. The molecule has 11 heteroatoms. The maximum atomic E-state index is 13.3. The van der Waals surface area contributed by atoms with Gasteiger partial charge >= 0.3 is 6.03 Å². The highest BCUT2D eigenvalue weighted by Crippen LogP contribution is 2.34. The molecule has 4 aromatic rings. The quantitative estimate of drug-likeness (QED) is 0.219. The number of nitrogens with one attached hydrogen (secondary N) is 3. The fourth-order valence-electron chi connectivity index (χ4n) is 2.87. The highest BCUT2D eigenvalue weighted by atomic mass is 35.5. The number of anilines is 4. The van der Waals surface area contributed by atoms with Crippen LogP contribution in [0.4, 0.5) is 31.5 Å². The molecule has 0 radical (unpaired) electrons. The first kappa shape index (κ1) is 24.0. The van der Waals surface area contributed by atoms with Crippen LogP contribution >= 0.6 is 46.1 Å². The highest BCUT2D eigenvalue weighted by Gasteiger charge is 2.23. The molecule has 1 heterocycles. The summed E-state index contributed by atoms with van der Waals surface area (Å²) in [5, 5.41) is 9.69. The van der Waals surface area contributed by atoms with E-state index in [1.54, 1.807) is 30.3 Å². The van der Waals surface area contributed by atoms with Gasteiger partial charge in [0.25, 0.3) is 0 Å². The van der Waals surface area contributed by atoms with E-state index in [1.807, 2.05) is 0 Å². The second-order valence-corrected chi connectivity index (χ2v) is 9.15. The van der Waals surface area contributed by atoms with Crippen LogP contribution in [0.25, 0.3) is 0 Å². The number of halogens is 4. The minimum absolute atomic E-state index is 0.0251. The molecule has 4 rings (SSSR count). The topological polar surface area (TPSA) is 83.1 Å². The molecule has 0 aliphatic heterocycles. The number of carbonyl (C=O) groups excluding carboxylic acids is 2. The molecule has 0 atom stereocenters. The summed E-state index contributed by atoms with van der Waals surface area (Å²) < 4.78 is 13.1. The zero-order valence-electron chi connectivity index (χ0n) is 17.0. The molecule has 0 aliphatic rings. The Labute approximate surface area is 212 Å². The lowest BCUT2D eigenvalue weighted by atomic mass is 10.1. The number of urea groups is 1. The summed E-state index contributed by atoms with van der Waals surface area (Å²) in [6.07, 6.45) is 0. The molecule has 0 spiro atoms. The van der Waals surface area contributed by atoms with E-state index in [2.05, 4.69) is 20.9 Å². The Balaban J connectivity index is 1.63.